The number of esters is 1. The lowest BCUT2D eigenvalue weighted by atomic mass is 10.1. The van der Waals surface area contributed by atoms with Crippen molar-refractivity contribution < 1.29 is 13.9 Å². The Balaban J connectivity index is 2.39. The van der Waals surface area contributed by atoms with Gasteiger partial charge in [-0.2, -0.15) is 0 Å². The number of methoxy groups -OCH3 is 1. The van der Waals surface area contributed by atoms with Gasteiger partial charge in [0.1, 0.15) is 5.82 Å². The van der Waals surface area contributed by atoms with Crippen molar-refractivity contribution in [3.63, 3.8) is 0 Å². The topological polar surface area (TPSA) is 64.3 Å². The van der Waals surface area contributed by atoms with Crippen molar-refractivity contribution in [2.45, 2.75) is 6.92 Å². The summed E-state index contributed by atoms with van der Waals surface area (Å²) in [6, 6.07) is 9.91. The van der Waals surface area contributed by atoms with Gasteiger partial charge in [0.15, 0.2) is 0 Å². The maximum atomic E-state index is 13.9. The first-order valence-corrected chi connectivity index (χ1v) is 6.02. The van der Waals surface area contributed by atoms with Crippen LogP contribution >= 0.6 is 0 Å². The minimum atomic E-state index is -0.602. The minimum Gasteiger partial charge on any atom is -0.465 e. The molecule has 3 N–H and O–H groups in total. The van der Waals surface area contributed by atoms with E-state index in [-0.39, 0.29) is 16.9 Å². The predicted octanol–water partition coefficient (Wildman–Crippen LogP) is 3.25. The number of benzene rings is 2. The van der Waals surface area contributed by atoms with Gasteiger partial charge in [0, 0.05) is 11.4 Å². The molecule has 2 aromatic rings. The Bertz CT molecular complexity index is 656. The molecule has 0 aliphatic heterocycles. The van der Waals surface area contributed by atoms with E-state index in [2.05, 4.69) is 10.1 Å². The number of carbonyl (C=O) groups is 1. The third-order valence-corrected chi connectivity index (χ3v) is 2.84. The van der Waals surface area contributed by atoms with E-state index in [1.807, 2.05) is 25.1 Å². The van der Waals surface area contributed by atoms with Gasteiger partial charge in [0.2, 0.25) is 0 Å². The zero-order valence-corrected chi connectivity index (χ0v) is 11.2. The average molecular weight is 274 g/mol. The van der Waals surface area contributed by atoms with Crippen molar-refractivity contribution in [2.75, 3.05) is 18.2 Å². The Morgan fingerprint density at radius 1 is 1.30 bits per heavy atom. The third-order valence-electron chi connectivity index (χ3n) is 2.84. The molecule has 20 heavy (non-hydrogen) atoms. The summed E-state index contributed by atoms with van der Waals surface area (Å²) in [5.74, 6) is -1.13. The normalized spacial score (nSPS) is 10.2. The Hall–Kier alpha value is -2.56. The molecule has 0 aliphatic carbocycles. The molecule has 0 radical (unpaired) electrons. The maximum Gasteiger partial charge on any atom is 0.340 e. The van der Waals surface area contributed by atoms with E-state index in [1.165, 1.54) is 13.2 Å². The largest absolute Gasteiger partial charge is 0.465 e. The lowest BCUT2D eigenvalue weighted by Gasteiger charge is -2.11. The molecule has 0 atom stereocenters. The molecule has 0 fully saturated rings. The molecule has 2 aromatic carbocycles. The number of ether oxygens (including phenoxy) is 1. The van der Waals surface area contributed by atoms with E-state index in [0.29, 0.717) is 0 Å². The Kier molecular flexibility index (Phi) is 3.89. The molecule has 0 saturated heterocycles. The van der Waals surface area contributed by atoms with Gasteiger partial charge >= 0.3 is 5.97 Å². The zero-order chi connectivity index (χ0) is 14.7. The Labute approximate surface area is 116 Å². The molecule has 0 amide bonds. The monoisotopic (exact) mass is 274 g/mol. The second kappa shape index (κ2) is 5.61. The molecule has 104 valence electrons. The minimum absolute atomic E-state index is 0.0455. The Morgan fingerprint density at radius 3 is 2.70 bits per heavy atom. The van der Waals surface area contributed by atoms with Gasteiger partial charge < -0.3 is 15.8 Å². The van der Waals surface area contributed by atoms with E-state index in [9.17, 15) is 9.18 Å². The number of hydrogen-bond donors (Lipinski definition) is 2. The summed E-state index contributed by atoms with van der Waals surface area (Å²) in [5.41, 5.74) is 7.73. The number of carbonyl (C=O) groups excluding carboxylic acids is 1. The van der Waals surface area contributed by atoms with Crippen LogP contribution in [0.15, 0.2) is 36.4 Å². The summed E-state index contributed by atoms with van der Waals surface area (Å²) in [4.78, 5) is 11.6. The average Bonchev–Trinajstić information content (AvgIpc) is 2.41. The van der Waals surface area contributed by atoms with E-state index < -0.39 is 11.8 Å². The van der Waals surface area contributed by atoms with Crippen molar-refractivity contribution in [2.24, 2.45) is 0 Å². The number of nitrogens with two attached hydrogens (primary N) is 1. The number of nitrogens with one attached hydrogen (secondary N) is 1. The van der Waals surface area contributed by atoms with E-state index in [0.717, 1.165) is 17.3 Å². The molecule has 0 bridgehead atoms. The molecule has 4 nitrogen and oxygen atoms in total. The first kappa shape index (κ1) is 13.9. The van der Waals surface area contributed by atoms with Crippen LogP contribution in [0, 0.1) is 12.7 Å². The third kappa shape index (κ3) is 2.88. The van der Waals surface area contributed by atoms with Crippen molar-refractivity contribution in [1.82, 2.24) is 0 Å². The number of anilines is 3. The predicted molar refractivity (Wildman–Crippen MR) is 76.6 cm³/mol. The van der Waals surface area contributed by atoms with Gasteiger partial charge in [-0.15, -0.1) is 0 Å². The molecule has 5 heteroatoms. The molecule has 2 rings (SSSR count). The molecular weight excluding hydrogens is 259 g/mol. The fourth-order valence-corrected chi connectivity index (χ4v) is 1.85. The highest BCUT2D eigenvalue weighted by Crippen LogP contribution is 2.26. The highest BCUT2D eigenvalue weighted by Gasteiger charge is 2.14. The van der Waals surface area contributed by atoms with E-state index >= 15 is 0 Å². The second-order valence-corrected chi connectivity index (χ2v) is 4.41. The van der Waals surface area contributed by atoms with Crippen LogP contribution in [0.5, 0.6) is 0 Å². The molecular formula is C15H15FN2O2. The summed E-state index contributed by atoms with van der Waals surface area (Å²) >= 11 is 0. The van der Waals surface area contributed by atoms with Crippen molar-refractivity contribution in [1.29, 1.82) is 0 Å². The molecule has 0 unspecified atom stereocenters. The maximum absolute atomic E-state index is 13.9. The van der Waals surface area contributed by atoms with Gasteiger partial charge in [-0.25, -0.2) is 9.18 Å². The van der Waals surface area contributed by atoms with Crippen molar-refractivity contribution >= 4 is 23.0 Å². The molecule has 0 aliphatic rings. The number of halogens is 1. The van der Waals surface area contributed by atoms with Crippen LogP contribution in [0.3, 0.4) is 0 Å². The quantitative estimate of drug-likeness (QED) is 0.666. The van der Waals surface area contributed by atoms with Gasteiger partial charge in [-0.1, -0.05) is 12.1 Å². The fourth-order valence-electron chi connectivity index (χ4n) is 1.85. The van der Waals surface area contributed by atoms with Crippen LogP contribution in [0.4, 0.5) is 21.5 Å². The van der Waals surface area contributed by atoms with Crippen molar-refractivity contribution in [3.05, 3.63) is 53.3 Å². The van der Waals surface area contributed by atoms with Crippen LogP contribution in [0.25, 0.3) is 0 Å². The van der Waals surface area contributed by atoms with Crippen LogP contribution < -0.4 is 11.1 Å². The van der Waals surface area contributed by atoms with E-state index in [1.54, 1.807) is 6.07 Å². The smallest absolute Gasteiger partial charge is 0.340 e. The van der Waals surface area contributed by atoms with Gasteiger partial charge in [-0.3, -0.25) is 0 Å². The highest BCUT2D eigenvalue weighted by atomic mass is 19.1. The number of nitrogen functional groups attached to an aromatic ring is 1. The van der Waals surface area contributed by atoms with Crippen LogP contribution in [0.1, 0.15) is 15.9 Å². The molecule has 0 heterocycles. The highest BCUT2D eigenvalue weighted by molar-refractivity contribution is 5.96. The second-order valence-electron chi connectivity index (χ2n) is 4.41. The van der Waals surface area contributed by atoms with E-state index in [4.69, 9.17) is 5.73 Å². The Morgan fingerprint density at radius 2 is 2.05 bits per heavy atom. The summed E-state index contributed by atoms with van der Waals surface area (Å²) in [6.45, 7) is 1.93. The standard InChI is InChI=1S/C15H15FN2O2/c1-9-4-3-5-10(6-9)18-14-7-11(15(19)20-2)13(17)8-12(14)16/h3-8,18H,17H2,1-2H3. The van der Waals surface area contributed by atoms with Gasteiger partial charge in [0.25, 0.3) is 0 Å². The fraction of sp³-hybridized carbons (Fsp3) is 0.133. The summed E-state index contributed by atoms with van der Waals surface area (Å²) < 4.78 is 18.5. The first-order chi connectivity index (χ1) is 9.51. The van der Waals surface area contributed by atoms with Gasteiger partial charge in [-0.05, 0) is 36.8 Å². The lowest BCUT2D eigenvalue weighted by Crippen LogP contribution is -2.07. The lowest BCUT2D eigenvalue weighted by molar-refractivity contribution is 0.0602. The van der Waals surface area contributed by atoms with Crippen LogP contribution in [-0.4, -0.2) is 13.1 Å². The molecule has 0 saturated carbocycles. The van der Waals surface area contributed by atoms with Gasteiger partial charge in [0.05, 0.1) is 18.4 Å². The summed E-state index contributed by atoms with van der Waals surface area (Å²) in [6.07, 6.45) is 0. The number of hydrogen-bond acceptors (Lipinski definition) is 4. The summed E-state index contributed by atoms with van der Waals surface area (Å²) in [7, 11) is 1.25. The molecule has 0 aromatic heterocycles. The van der Waals surface area contributed by atoms with Crippen LogP contribution in [0.2, 0.25) is 0 Å². The molecule has 0 spiro atoms. The SMILES string of the molecule is COC(=O)c1cc(Nc2cccc(C)c2)c(F)cc1N. The number of aryl methyl sites for hydroxylation is 1. The van der Waals surface area contributed by atoms with Crippen molar-refractivity contribution in [3.8, 4) is 0 Å². The number of rotatable bonds is 3. The zero-order valence-electron chi connectivity index (χ0n) is 11.2. The van der Waals surface area contributed by atoms with Crippen LogP contribution in [-0.2, 0) is 4.74 Å². The first-order valence-electron chi connectivity index (χ1n) is 6.02. The summed E-state index contributed by atoms with van der Waals surface area (Å²) in [5, 5.41) is 2.92.